The second-order valence-corrected chi connectivity index (χ2v) is 7.28. The summed E-state index contributed by atoms with van der Waals surface area (Å²) in [7, 11) is 0. The molecule has 1 aliphatic carbocycles. The normalized spacial score (nSPS) is 13.8. The van der Waals surface area contributed by atoms with E-state index in [4.69, 9.17) is 5.73 Å². The Hall–Kier alpha value is -2.61. The third-order valence-electron chi connectivity index (χ3n) is 4.26. The largest absolute Gasteiger partial charge is 0.370 e. The molecule has 1 aromatic carbocycles. The van der Waals surface area contributed by atoms with Crippen LogP contribution in [0.15, 0.2) is 47.8 Å². The molecule has 0 atom stereocenters. The number of hydrogen-bond acceptors (Lipinski definition) is 5. The molecular formula is C18H20N6OS. The molecule has 26 heavy (non-hydrogen) atoms. The molecule has 0 radical (unpaired) electrons. The highest BCUT2D eigenvalue weighted by atomic mass is 32.2. The quantitative estimate of drug-likeness (QED) is 0.617. The zero-order valence-electron chi connectivity index (χ0n) is 14.3. The minimum atomic E-state index is -0.309. The van der Waals surface area contributed by atoms with Crippen LogP contribution < -0.4 is 5.73 Å². The molecule has 1 aliphatic rings. The highest BCUT2D eigenvalue weighted by molar-refractivity contribution is 7.98. The van der Waals surface area contributed by atoms with E-state index in [2.05, 4.69) is 19.9 Å². The Morgan fingerprint density at radius 2 is 2.00 bits per heavy atom. The first-order chi connectivity index (χ1) is 12.7. The van der Waals surface area contributed by atoms with Crippen molar-refractivity contribution in [3.63, 3.8) is 0 Å². The maximum atomic E-state index is 11.1. The Kier molecular flexibility index (Phi) is 4.75. The van der Waals surface area contributed by atoms with E-state index in [1.54, 1.807) is 11.8 Å². The van der Waals surface area contributed by atoms with Gasteiger partial charge in [0.1, 0.15) is 5.82 Å². The number of benzene rings is 1. The van der Waals surface area contributed by atoms with Crippen molar-refractivity contribution < 1.29 is 4.79 Å². The molecule has 134 valence electrons. The molecule has 2 heterocycles. The molecule has 7 nitrogen and oxygen atoms in total. The first-order valence-corrected chi connectivity index (χ1v) is 9.64. The summed E-state index contributed by atoms with van der Waals surface area (Å²) < 4.78 is 4.04. The lowest BCUT2D eigenvalue weighted by atomic mass is 10.3. The van der Waals surface area contributed by atoms with Crippen LogP contribution in [0.5, 0.6) is 0 Å². The number of nitrogens with two attached hydrogens (primary N) is 1. The van der Waals surface area contributed by atoms with E-state index in [1.165, 1.54) is 0 Å². The summed E-state index contributed by atoms with van der Waals surface area (Å²) in [5.41, 5.74) is 7.29. The van der Waals surface area contributed by atoms with E-state index in [9.17, 15) is 4.79 Å². The van der Waals surface area contributed by atoms with Gasteiger partial charge >= 0.3 is 0 Å². The summed E-state index contributed by atoms with van der Waals surface area (Å²) in [5.74, 6) is 1.26. The number of primary amides is 1. The molecule has 1 saturated carbocycles. The van der Waals surface area contributed by atoms with Gasteiger partial charge in [0, 0.05) is 30.8 Å². The van der Waals surface area contributed by atoms with Crippen LogP contribution in [0, 0.1) is 0 Å². The van der Waals surface area contributed by atoms with E-state index < -0.39 is 0 Å². The highest BCUT2D eigenvalue weighted by Crippen LogP contribution is 2.39. The van der Waals surface area contributed by atoms with E-state index in [-0.39, 0.29) is 5.91 Å². The summed E-state index contributed by atoms with van der Waals surface area (Å²) in [5, 5.41) is 14.1. The third kappa shape index (κ3) is 3.80. The van der Waals surface area contributed by atoms with Crippen molar-refractivity contribution in [2.24, 2.45) is 5.73 Å². The number of amides is 1. The molecule has 1 amide bonds. The van der Waals surface area contributed by atoms with Crippen molar-refractivity contribution in [1.82, 2.24) is 24.5 Å². The topological polar surface area (TPSA) is 91.6 Å². The number of aryl methyl sites for hydroxylation is 1. The number of nitrogens with zero attached hydrogens (tertiary/aromatic N) is 5. The van der Waals surface area contributed by atoms with Gasteiger partial charge in [-0.05, 0) is 31.0 Å². The summed E-state index contributed by atoms with van der Waals surface area (Å²) in [6, 6.07) is 12.5. The molecule has 0 bridgehead atoms. The van der Waals surface area contributed by atoms with Gasteiger partial charge < -0.3 is 10.3 Å². The number of aromatic nitrogens is 5. The fourth-order valence-corrected chi connectivity index (χ4v) is 3.74. The van der Waals surface area contributed by atoms with Crippen molar-refractivity contribution in [2.75, 3.05) is 0 Å². The van der Waals surface area contributed by atoms with Crippen LogP contribution in [0.3, 0.4) is 0 Å². The Morgan fingerprint density at radius 1 is 1.19 bits per heavy atom. The zero-order chi connectivity index (χ0) is 17.9. The molecule has 8 heteroatoms. The van der Waals surface area contributed by atoms with Crippen molar-refractivity contribution in [3.05, 3.63) is 54.1 Å². The summed E-state index contributed by atoms with van der Waals surface area (Å²) in [6.45, 7) is 0. The predicted octanol–water partition coefficient (Wildman–Crippen LogP) is 2.51. The van der Waals surface area contributed by atoms with E-state index in [0.717, 1.165) is 41.0 Å². The molecule has 0 spiro atoms. The molecule has 2 aromatic heterocycles. The fourth-order valence-electron chi connectivity index (χ4n) is 2.81. The number of carbonyl (C=O) groups excluding carboxylic acids is 1. The number of hydrogen-bond donors (Lipinski definition) is 1. The fraction of sp³-hybridized carbons (Fsp3) is 0.333. The Morgan fingerprint density at radius 3 is 2.73 bits per heavy atom. The first kappa shape index (κ1) is 16.8. The average molecular weight is 368 g/mol. The van der Waals surface area contributed by atoms with Crippen LogP contribution >= 0.6 is 11.8 Å². The van der Waals surface area contributed by atoms with Crippen LogP contribution in [0.4, 0.5) is 0 Å². The first-order valence-electron chi connectivity index (χ1n) is 8.65. The molecule has 0 saturated heterocycles. The van der Waals surface area contributed by atoms with Gasteiger partial charge in [-0.1, -0.05) is 30.0 Å². The average Bonchev–Trinajstić information content (AvgIpc) is 3.23. The lowest BCUT2D eigenvalue weighted by Gasteiger charge is -2.07. The minimum absolute atomic E-state index is 0.303. The maximum absolute atomic E-state index is 11.1. The minimum Gasteiger partial charge on any atom is -0.370 e. The van der Waals surface area contributed by atoms with Crippen LogP contribution in [0.25, 0.3) is 5.69 Å². The number of rotatable bonds is 8. The standard InChI is InChI=1S/C18H20N6OS/c19-16(25)8-9-17-20-21-18(24(17)15-6-7-15)26-12-13-10-11-23(22-13)14-4-2-1-3-5-14/h1-5,10-11,15H,6-9,12H2,(H2,19,25). The zero-order valence-corrected chi connectivity index (χ0v) is 15.1. The third-order valence-corrected chi connectivity index (χ3v) is 5.23. The van der Waals surface area contributed by atoms with Gasteiger partial charge in [0.15, 0.2) is 5.16 Å². The molecule has 0 aliphatic heterocycles. The predicted molar refractivity (Wildman–Crippen MR) is 98.9 cm³/mol. The van der Waals surface area contributed by atoms with Crippen molar-refractivity contribution in [2.45, 2.75) is 42.6 Å². The number of carbonyl (C=O) groups is 1. The Bertz CT molecular complexity index is 900. The van der Waals surface area contributed by atoms with Crippen molar-refractivity contribution >= 4 is 17.7 Å². The van der Waals surface area contributed by atoms with Crippen molar-refractivity contribution in [1.29, 1.82) is 0 Å². The number of thioether (sulfide) groups is 1. The second-order valence-electron chi connectivity index (χ2n) is 6.34. The van der Waals surface area contributed by atoms with E-state index in [1.807, 2.05) is 47.3 Å². The Balaban J connectivity index is 1.45. The molecule has 1 fully saturated rings. The summed E-state index contributed by atoms with van der Waals surface area (Å²) >= 11 is 1.63. The molecule has 0 unspecified atom stereocenters. The van der Waals surface area contributed by atoms with Crippen LogP contribution in [0.2, 0.25) is 0 Å². The van der Waals surface area contributed by atoms with Crippen LogP contribution in [-0.4, -0.2) is 30.5 Å². The summed E-state index contributed by atoms with van der Waals surface area (Å²) in [6.07, 6.45) is 5.09. The SMILES string of the molecule is NC(=O)CCc1nnc(SCc2ccn(-c3ccccc3)n2)n1C1CC1. The molecule has 3 aromatic rings. The van der Waals surface area contributed by atoms with Crippen molar-refractivity contribution in [3.8, 4) is 5.69 Å². The van der Waals surface area contributed by atoms with Gasteiger partial charge in [-0.3, -0.25) is 4.79 Å². The number of para-hydroxylation sites is 1. The highest BCUT2D eigenvalue weighted by Gasteiger charge is 2.29. The molecular weight excluding hydrogens is 348 g/mol. The van der Waals surface area contributed by atoms with Crippen LogP contribution in [0.1, 0.15) is 36.8 Å². The summed E-state index contributed by atoms with van der Waals surface area (Å²) in [4.78, 5) is 11.1. The monoisotopic (exact) mass is 368 g/mol. The molecule has 4 rings (SSSR count). The van der Waals surface area contributed by atoms with Gasteiger partial charge in [0.05, 0.1) is 11.4 Å². The van der Waals surface area contributed by atoms with Gasteiger partial charge in [-0.2, -0.15) is 5.10 Å². The van der Waals surface area contributed by atoms with Crippen LogP contribution in [-0.2, 0) is 17.0 Å². The van der Waals surface area contributed by atoms with E-state index in [0.29, 0.717) is 18.9 Å². The Labute approximate surface area is 155 Å². The van der Waals surface area contributed by atoms with E-state index >= 15 is 0 Å². The lowest BCUT2D eigenvalue weighted by Crippen LogP contribution is -2.13. The second kappa shape index (κ2) is 7.33. The maximum Gasteiger partial charge on any atom is 0.217 e. The van der Waals surface area contributed by atoms with Gasteiger partial charge in [-0.25, -0.2) is 4.68 Å². The van der Waals surface area contributed by atoms with Gasteiger partial charge in [-0.15, -0.1) is 10.2 Å². The molecule has 2 N–H and O–H groups in total. The van der Waals surface area contributed by atoms with Gasteiger partial charge in [0.2, 0.25) is 5.91 Å². The lowest BCUT2D eigenvalue weighted by molar-refractivity contribution is -0.118. The van der Waals surface area contributed by atoms with Gasteiger partial charge in [0.25, 0.3) is 0 Å². The smallest absolute Gasteiger partial charge is 0.217 e.